The van der Waals surface area contributed by atoms with Gasteiger partial charge in [0, 0.05) is 5.92 Å². The van der Waals surface area contributed by atoms with Crippen molar-refractivity contribution >= 4 is 0 Å². The van der Waals surface area contributed by atoms with Gasteiger partial charge in [-0.2, -0.15) is 0 Å². The van der Waals surface area contributed by atoms with E-state index in [1.165, 1.54) is 0 Å². The average Bonchev–Trinajstić information content (AvgIpc) is 2.75. The second kappa shape index (κ2) is 5.07. The molecule has 1 aliphatic rings. The number of hydrogen-bond donors (Lipinski definition) is 1. The van der Waals surface area contributed by atoms with E-state index in [4.69, 9.17) is 9.47 Å². The number of aliphatic hydroxyl groups is 1. The maximum atomic E-state index is 10.3. The molecule has 17 heavy (non-hydrogen) atoms. The molecule has 1 heterocycles. The van der Waals surface area contributed by atoms with Crippen LogP contribution in [0.4, 0.5) is 0 Å². The van der Waals surface area contributed by atoms with Gasteiger partial charge in [-0.05, 0) is 43.5 Å². The van der Waals surface area contributed by atoms with Gasteiger partial charge in [0.2, 0.25) is 0 Å². The Bertz CT molecular complexity index is 389. The third kappa shape index (κ3) is 2.61. The average molecular weight is 236 g/mol. The van der Waals surface area contributed by atoms with Gasteiger partial charge in [0.25, 0.3) is 0 Å². The van der Waals surface area contributed by atoms with Gasteiger partial charge in [0.05, 0.1) is 25.9 Å². The van der Waals surface area contributed by atoms with Crippen LogP contribution in [-0.4, -0.2) is 24.9 Å². The van der Waals surface area contributed by atoms with Gasteiger partial charge in [0.1, 0.15) is 5.75 Å². The molecular formula is C14H20O3. The van der Waals surface area contributed by atoms with Gasteiger partial charge in [-0.3, -0.25) is 0 Å². The van der Waals surface area contributed by atoms with Crippen molar-refractivity contribution < 1.29 is 14.6 Å². The summed E-state index contributed by atoms with van der Waals surface area (Å²) < 4.78 is 10.7. The zero-order chi connectivity index (χ0) is 12.4. The van der Waals surface area contributed by atoms with Gasteiger partial charge in [-0.25, -0.2) is 0 Å². The van der Waals surface area contributed by atoms with E-state index in [0.717, 1.165) is 23.3 Å². The summed E-state index contributed by atoms with van der Waals surface area (Å²) in [6.07, 6.45) is 0.741. The number of benzene rings is 1. The van der Waals surface area contributed by atoms with Crippen LogP contribution < -0.4 is 4.74 Å². The first-order valence-electron chi connectivity index (χ1n) is 6.06. The van der Waals surface area contributed by atoms with Crippen LogP contribution in [0.3, 0.4) is 0 Å². The van der Waals surface area contributed by atoms with Crippen molar-refractivity contribution in [3.8, 4) is 5.75 Å². The van der Waals surface area contributed by atoms with Crippen molar-refractivity contribution in [2.75, 3.05) is 13.7 Å². The van der Waals surface area contributed by atoms with E-state index < -0.39 is 6.10 Å². The van der Waals surface area contributed by atoms with Crippen LogP contribution in [0.25, 0.3) is 0 Å². The maximum absolute atomic E-state index is 10.3. The molecule has 94 valence electrons. The molecule has 0 radical (unpaired) electrons. The zero-order valence-electron chi connectivity index (χ0n) is 10.6. The number of hydrogen-bond acceptors (Lipinski definition) is 3. The molecule has 3 heteroatoms. The Morgan fingerprint density at radius 2 is 2.24 bits per heavy atom. The van der Waals surface area contributed by atoms with Crippen LogP contribution in [0.15, 0.2) is 18.2 Å². The van der Waals surface area contributed by atoms with Crippen LogP contribution in [0, 0.1) is 12.8 Å². The second-order valence-electron chi connectivity index (χ2n) is 4.81. The molecular weight excluding hydrogens is 216 g/mol. The summed E-state index contributed by atoms with van der Waals surface area (Å²) in [6, 6.07) is 5.83. The van der Waals surface area contributed by atoms with E-state index in [1.54, 1.807) is 7.11 Å². The minimum Gasteiger partial charge on any atom is -0.496 e. The summed E-state index contributed by atoms with van der Waals surface area (Å²) in [5, 5.41) is 10.3. The fourth-order valence-corrected chi connectivity index (χ4v) is 2.43. The molecule has 0 saturated carbocycles. The molecule has 3 unspecified atom stereocenters. The van der Waals surface area contributed by atoms with Crippen LogP contribution in [0.1, 0.15) is 30.6 Å². The summed E-state index contributed by atoms with van der Waals surface area (Å²) in [4.78, 5) is 0. The Labute approximate surface area is 102 Å². The van der Waals surface area contributed by atoms with E-state index in [-0.39, 0.29) is 12.0 Å². The highest BCUT2D eigenvalue weighted by molar-refractivity contribution is 5.37. The lowest BCUT2D eigenvalue weighted by Gasteiger charge is -2.18. The van der Waals surface area contributed by atoms with Gasteiger partial charge in [0.15, 0.2) is 0 Å². The van der Waals surface area contributed by atoms with E-state index in [0.29, 0.717) is 6.61 Å². The first kappa shape index (κ1) is 12.4. The summed E-state index contributed by atoms with van der Waals surface area (Å²) in [7, 11) is 1.66. The summed E-state index contributed by atoms with van der Waals surface area (Å²) in [6.45, 7) is 4.68. The van der Waals surface area contributed by atoms with Gasteiger partial charge < -0.3 is 14.6 Å². The largest absolute Gasteiger partial charge is 0.496 e. The standard InChI is InChI=1S/C14H20O3/c1-9-6-11(4-5-13(9)16-3)14(15)12-7-10(2)17-8-12/h4-6,10,12,14-15H,7-8H2,1-3H3. The molecule has 1 fully saturated rings. The highest BCUT2D eigenvalue weighted by Gasteiger charge is 2.29. The van der Waals surface area contributed by atoms with E-state index >= 15 is 0 Å². The first-order chi connectivity index (χ1) is 8.11. The number of rotatable bonds is 3. The third-order valence-corrected chi connectivity index (χ3v) is 3.44. The normalized spacial score (nSPS) is 25.9. The molecule has 3 atom stereocenters. The fourth-order valence-electron chi connectivity index (χ4n) is 2.43. The predicted octanol–water partition coefficient (Wildman–Crippen LogP) is 2.46. The molecule has 1 saturated heterocycles. The van der Waals surface area contributed by atoms with Crippen molar-refractivity contribution in [3.63, 3.8) is 0 Å². The van der Waals surface area contributed by atoms with Crippen LogP contribution >= 0.6 is 0 Å². The molecule has 0 amide bonds. The molecule has 1 N–H and O–H groups in total. The lowest BCUT2D eigenvalue weighted by molar-refractivity contribution is 0.0803. The van der Waals surface area contributed by atoms with Crippen LogP contribution in [0.2, 0.25) is 0 Å². The van der Waals surface area contributed by atoms with Crippen LogP contribution in [-0.2, 0) is 4.74 Å². The SMILES string of the molecule is COc1ccc(C(O)C2COC(C)C2)cc1C. The molecule has 0 bridgehead atoms. The highest BCUT2D eigenvalue weighted by Crippen LogP contribution is 2.33. The number of methoxy groups -OCH3 is 1. The molecule has 0 aliphatic carbocycles. The van der Waals surface area contributed by atoms with Crippen molar-refractivity contribution in [1.82, 2.24) is 0 Å². The Morgan fingerprint density at radius 3 is 2.76 bits per heavy atom. The third-order valence-electron chi connectivity index (χ3n) is 3.44. The molecule has 1 aromatic carbocycles. The Hall–Kier alpha value is -1.06. The van der Waals surface area contributed by atoms with Crippen molar-refractivity contribution in [2.45, 2.75) is 32.5 Å². The second-order valence-corrected chi connectivity index (χ2v) is 4.81. The minimum absolute atomic E-state index is 0.206. The van der Waals surface area contributed by atoms with E-state index in [1.807, 2.05) is 32.0 Å². The van der Waals surface area contributed by atoms with E-state index in [2.05, 4.69) is 0 Å². The Morgan fingerprint density at radius 1 is 1.47 bits per heavy atom. The summed E-state index contributed by atoms with van der Waals surface area (Å²) in [5.74, 6) is 1.06. The van der Waals surface area contributed by atoms with Crippen molar-refractivity contribution in [1.29, 1.82) is 0 Å². The predicted molar refractivity (Wildman–Crippen MR) is 66.2 cm³/mol. The summed E-state index contributed by atoms with van der Waals surface area (Å²) in [5.41, 5.74) is 2.00. The minimum atomic E-state index is -0.440. The van der Waals surface area contributed by atoms with Gasteiger partial charge >= 0.3 is 0 Å². The maximum Gasteiger partial charge on any atom is 0.121 e. The van der Waals surface area contributed by atoms with E-state index in [9.17, 15) is 5.11 Å². The Balaban J connectivity index is 2.14. The summed E-state index contributed by atoms with van der Waals surface area (Å²) >= 11 is 0. The quantitative estimate of drug-likeness (QED) is 0.876. The van der Waals surface area contributed by atoms with Crippen molar-refractivity contribution in [3.05, 3.63) is 29.3 Å². The van der Waals surface area contributed by atoms with Crippen LogP contribution in [0.5, 0.6) is 5.75 Å². The lowest BCUT2D eigenvalue weighted by atomic mass is 9.93. The van der Waals surface area contributed by atoms with Gasteiger partial charge in [-0.1, -0.05) is 6.07 Å². The molecule has 1 aromatic rings. The first-order valence-corrected chi connectivity index (χ1v) is 6.06. The zero-order valence-corrected chi connectivity index (χ0v) is 10.6. The molecule has 0 aromatic heterocycles. The van der Waals surface area contributed by atoms with Gasteiger partial charge in [-0.15, -0.1) is 0 Å². The molecule has 3 nitrogen and oxygen atoms in total. The topological polar surface area (TPSA) is 38.7 Å². The Kier molecular flexibility index (Phi) is 3.69. The number of aliphatic hydroxyl groups excluding tert-OH is 1. The smallest absolute Gasteiger partial charge is 0.121 e. The number of ether oxygens (including phenoxy) is 2. The highest BCUT2D eigenvalue weighted by atomic mass is 16.5. The number of aryl methyl sites for hydroxylation is 1. The molecule has 2 rings (SSSR count). The monoisotopic (exact) mass is 236 g/mol. The molecule has 1 aliphatic heterocycles. The fraction of sp³-hybridized carbons (Fsp3) is 0.571. The molecule has 0 spiro atoms. The lowest BCUT2D eigenvalue weighted by Crippen LogP contribution is -2.13. The van der Waals surface area contributed by atoms with Crippen molar-refractivity contribution in [2.24, 2.45) is 5.92 Å².